The lowest BCUT2D eigenvalue weighted by Gasteiger charge is -2.30. The van der Waals surface area contributed by atoms with Crippen molar-refractivity contribution in [2.75, 3.05) is 13.1 Å². The Morgan fingerprint density at radius 3 is 2.00 bits per heavy atom. The Kier molecular flexibility index (Phi) is 5.94. The molecule has 0 aromatic heterocycles. The van der Waals surface area contributed by atoms with Gasteiger partial charge in [-0.1, -0.05) is 27.7 Å². The number of hydrogen-bond acceptors (Lipinski definition) is 2. The van der Waals surface area contributed by atoms with Crippen molar-refractivity contribution in [3.8, 4) is 0 Å². The van der Waals surface area contributed by atoms with Crippen LogP contribution in [0.15, 0.2) is 0 Å². The fourth-order valence-corrected chi connectivity index (χ4v) is 3.10. The van der Waals surface area contributed by atoms with Gasteiger partial charge in [-0.3, -0.25) is 0 Å². The van der Waals surface area contributed by atoms with Gasteiger partial charge in [0.05, 0.1) is 0 Å². The Labute approximate surface area is 108 Å². The van der Waals surface area contributed by atoms with E-state index in [0.717, 1.165) is 11.8 Å². The van der Waals surface area contributed by atoms with Crippen molar-refractivity contribution in [1.29, 1.82) is 0 Å². The van der Waals surface area contributed by atoms with Gasteiger partial charge in [0.2, 0.25) is 0 Å². The molecule has 1 heterocycles. The van der Waals surface area contributed by atoms with Crippen LogP contribution < -0.4 is 5.32 Å². The molecule has 17 heavy (non-hydrogen) atoms. The quantitative estimate of drug-likeness (QED) is 0.812. The predicted octanol–water partition coefficient (Wildman–Crippen LogP) is 3.13. The van der Waals surface area contributed by atoms with Crippen LogP contribution in [0.3, 0.4) is 0 Å². The van der Waals surface area contributed by atoms with Crippen LogP contribution in [0.1, 0.15) is 54.4 Å². The van der Waals surface area contributed by atoms with Gasteiger partial charge in [-0.2, -0.15) is 0 Å². The van der Waals surface area contributed by atoms with Crippen LogP contribution in [-0.4, -0.2) is 36.1 Å². The molecule has 102 valence electrons. The van der Waals surface area contributed by atoms with Crippen molar-refractivity contribution in [3.05, 3.63) is 0 Å². The summed E-state index contributed by atoms with van der Waals surface area (Å²) in [5.41, 5.74) is 0. The topological polar surface area (TPSA) is 15.3 Å². The van der Waals surface area contributed by atoms with E-state index in [4.69, 9.17) is 0 Å². The monoisotopic (exact) mass is 240 g/mol. The molecular weight excluding hydrogens is 208 g/mol. The van der Waals surface area contributed by atoms with Crippen molar-refractivity contribution in [3.63, 3.8) is 0 Å². The third-order valence-corrected chi connectivity index (χ3v) is 4.13. The second-order valence-electron chi connectivity index (χ2n) is 6.54. The van der Waals surface area contributed by atoms with Crippen molar-refractivity contribution in [2.45, 2.75) is 72.5 Å². The molecule has 0 radical (unpaired) electrons. The lowest BCUT2D eigenvalue weighted by molar-refractivity contribution is 0.223. The highest BCUT2D eigenvalue weighted by molar-refractivity contribution is 4.85. The van der Waals surface area contributed by atoms with E-state index in [0.29, 0.717) is 18.1 Å². The van der Waals surface area contributed by atoms with E-state index >= 15 is 0 Å². The molecule has 0 amide bonds. The average Bonchev–Trinajstić information content (AvgIpc) is 2.39. The van der Waals surface area contributed by atoms with Gasteiger partial charge in [0.1, 0.15) is 0 Å². The van der Waals surface area contributed by atoms with Crippen LogP contribution >= 0.6 is 0 Å². The molecule has 0 aromatic rings. The average molecular weight is 240 g/mol. The van der Waals surface area contributed by atoms with E-state index in [2.05, 4.69) is 51.8 Å². The van der Waals surface area contributed by atoms with Crippen molar-refractivity contribution in [2.24, 2.45) is 11.8 Å². The molecular formula is C15H32N2. The molecule has 1 aliphatic rings. The molecule has 0 spiro atoms. The smallest absolute Gasteiger partial charge is 0.0113 e. The molecule has 1 saturated heterocycles. The number of likely N-dealkylation sites (tertiary alicyclic amines) is 1. The molecule has 2 atom stereocenters. The minimum atomic E-state index is 0.604. The second kappa shape index (κ2) is 6.75. The van der Waals surface area contributed by atoms with E-state index in [1.807, 2.05) is 0 Å². The lowest BCUT2D eigenvalue weighted by Crippen LogP contribution is -2.42. The highest BCUT2D eigenvalue weighted by Gasteiger charge is 2.29. The molecule has 1 rings (SSSR count). The first-order valence-corrected chi connectivity index (χ1v) is 7.42. The highest BCUT2D eigenvalue weighted by Crippen LogP contribution is 2.26. The first kappa shape index (κ1) is 15.0. The van der Waals surface area contributed by atoms with Crippen LogP contribution in [0.5, 0.6) is 0 Å². The zero-order chi connectivity index (χ0) is 13.0. The van der Waals surface area contributed by atoms with Crippen LogP contribution in [0.4, 0.5) is 0 Å². The maximum atomic E-state index is 3.79. The Bertz CT molecular complexity index is 211. The lowest BCUT2D eigenvalue weighted by atomic mass is 9.84. The second-order valence-corrected chi connectivity index (χ2v) is 6.54. The fraction of sp³-hybridized carbons (Fsp3) is 1.00. The van der Waals surface area contributed by atoms with Crippen LogP contribution in [0, 0.1) is 11.8 Å². The highest BCUT2D eigenvalue weighted by atomic mass is 15.2. The van der Waals surface area contributed by atoms with Gasteiger partial charge in [0.25, 0.3) is 0 Å². The molecule has 1 N–H and O–H groups in total. The summed E-state index contributed by atoms with van der Waals surface area (Å²) in [6, 6.07) is 2.01. The Morgan fingerprint density at radius 2 is 1.53 bits per heavy atom. The van der Waals surface area contributed by atoms with E-state index in [-0.39, 0.29) is 0 Å². The molecule has 2 nitrogen and oxygen atoms in total. The van der Waals surface area contributed by atoms with Gasteiger partial charge in [-0.15, -0.1) is 0 Å². The maximum Gasteiger partial charge on any atom is 0.0113 e. The van der Waals surface area contributed by atoms with Gasteiger partial charge >= 0.3 is 0 Å². The van der Waals surface area contributed by atoms with E-state index in [1.54, 1.807) is 0 Å². The van der Waals surface area contributed by atoms with Gasteiger partial charge in [0, 0.05) is 18.1 Å². The molecule has 0 aliphatic carbocycles. The normalized spacial score (nSPS) is 28.1. The summed E-state index contributed by atoms with van der Waals surface area (Å²) in [7, 11) is 0. The Balaban J connectivity index is 2.65. The fourth-order valence-electron chi connectivity index (χ4n) is 3.10. The van der Waals surface area contributed by atoms with E-state index in [9.17, 15) is 0 Å². The minimum Gasteiger partial charge on any atom is -0.311 e. The Hall–Kier alpha value is -0.0800. The summed E-state index contributed by atoms with van der Waals surface area (Å²) in [5.74, 6) is 1.62. The molecule has 2 heteroatoms. The maximum absolute atomic E-state index is 3.79. The van der Waals surface area contributed by atoms with E-state index < -0.39 is 0 Å². The summed E-state index contributed by atoms with van der Waals surface area (Å²) >= 11 is 0. The van der Waals surface area contributed by atoms with Gasteiger partial charge in [-0.05, 0) is 51.6 Å². The Morgan fingerprint density at radius 1 is 0.941 bits per heavy atom. The van der Waals surface area contributed by atoms with E-state index in [1.165, 1.54) is 25.9 Å². The molecule has 1 aliphatic heterocycles. The summed E-state index contributed by atoms with van der Waals surface area (Å²) in [4.78, 5) is 2.64. The van der Waals surface area contributed by atoms with Crippen molar-refractivity contribution >= 4 is 0 Å². The molecule has 0 saturated carbocycles. The molecule has 0 aromatic carbocycles. The first-order valence-electron chi connectivity index (χ1n) is 7.42. The zero-order valence-corrected chi connectivity index (χ0v) is 12.7. The molecule has 1 fully saturated rings. The number of hydrogen-bond donors (Lipinski definition) is 1. The standard InChI is InChI=1S/C15H32N2/c1-11(2)14-7-9-17(13(5)6)10-8-15(14)16-12(3)4/h11-16H,7-10H2,1-6H3. The van der Waals surface area contributed by atoms with Gasteiger partial charge < -0.3 is 10.2 Å². The predicted molar refractivity (Wildman–Crippen MR) is 76.3 cm³/mol. The molecule has 0 bridgehead atoms. The number of nitrogens with zero attached hydrogens (tertiary/aromatic N) is 1. The van der Waals surface area contributed by atoms with Crippen LogP contribution in [-0.2, 0) is 0 Å². The van der Waals surface area contributed by atoms with Crippen molar-refractivity contribution in [1.82, 2.24) is 10.2 Å². The summed E-state index contributed by atoms with van der Waals surface area (Å²) in [5, 5.41) is 3.79. The minimum absolute atomic E-state index is 0.604. The van der Waals surface area contributed by atoms with Crippen LogP contribution in [0.25, 0.3) is 0 Å². The van der Waals surface area contributed by atoms with Crippen LogP contribution in [0.2, 0.25) is 0 Å². The summed E-state index contributed by atoms with van der Waals surface area (Å²) in [6.45, 7) is 16.5. The largest absolute Gasteiger partial charge is 0.311 e. The summed E-state index contributed by atoms with van der Waals surface area (Å²) in [6.07, 6.45) is 2.65. The number of rotatable bonds is 4. The zero-order valence-electron chi connectivity index (χ0n) is 12.7. The van der Waals surface area contributed by atoms with Gasteiger partial charge in [0.15, 0.2) is 0 Å². The van der Waals surface area contributed by atoms with Gasteiger partial charge in [-0.25, -0.2) is 0 Å². The third-order valence-electron chi connectivity index (χ3n) is 4.13. The summed E-state index contributed by atoms with van der Waals surface area (Å²) < 4.78 is 0. The number of nitrogens with one attached hydrogen (secondary N) is 1. The SMILES string of the molecule is CC(C)NC1CCN(C(C)C)CCC1C(C)C. The first-order chi connectivity index (χ1) is 7.91. The van der Waals surface area contributed by atoms with Crippen molar-refractivity contribution < 1.29 is 0 Å². The third kappa shape index (κ3) is 4.59. The molecule has 2 unspecified atom stereocenters.